The van der Waals surface area contributed by atoms with E-state index in [-0.39, 0.29) is 22.1 Å². The molecular formula is C40H68N4O3. The number of aromatic nitrogens is 4. The molecule has 2 aromatic rings. The van der Waals surface area contributed by atoms with Crippen molar-refractivity contribution in [3.63, 3.8) is 0 Å². The fourth-order valence-corrected chi connectivity index (χ4v) is 8.64. The van der Waals surface area contributed by atoms with E-state index >= 15 is 0 Å². The highest BCUT2D eigenvalue weighted by Crippen LogP contribution is 2.50. The van der Waals surface area contributed by atoms with Gasteiger partial charge in [-0.25, -0.2) is 9.78 Å². The van der Waals surface area contributed by atoms with Crippen molar-refractivity contribution in [2.45, 2.75) is 212 Å². The van der Waals surface area contributed by atoms with Crippen LogP contribution in [0, 0.1) is 5.41 Å². The van der Waals surface area contributed by atoms with E-state index in [9.17, 15) is 14.4 Å². The van der Waals surface area contributed by atoms with Gasteiger partial charge in [-0.3, -0.25) is 13.9 Å². The monoisotopic (exact) mass is 653 g/mol. The third-order valence-corrected chi connectivity index (χ3v) is 11.8. The van der Waals surface area contributed by atoms with Crippen LogP contribution in [0.1, 0.15) is 199 Å². The van der Waals surface area contributed by atoms with Gasteiger partial charge in [-0.05, 0) is 51.4 Å². The van der Waals surface area contributed by atoms with Crippen molar-refractivity contribution in [2.24, 2.45) is 5.41 Å². The first-order valence-corrected chi connectivity index (χ1v) is 20.2. The van der Waals surface area contributed by atoms with E-state index in [1.165, 1.54) is 126 Å². The van der Waals surface area contributed by atoms with Gasteiger partial charge in [-0.15, -0.1) is 0 Å². The number of nitrogens with zero attached hydrogens (tertiary/aromatic N) is 3. The molecular weight excluding hydrogens is 584 g/mol. The highest BCUT2D eigenvalue weighted by Gasteiger charge is 2.45. The van der Waals surface area contributed by atoms with Crippen LogP contribution in [-0.4, -0.2) is 25.4 Å². The lowest BCUT2D eigenvalue weighted by Gasteiger charge is -2.43. The minimum atomic E-state index is -0.247. The zero-order valence-corrected chi connectivity index (χ0v) is 30.4. The third kappa shape index (κ3) is 10.4. The molecule has 2 aromatic heterocycles. The Bertz CT molecular complexity index is 1310. The number of rotatable bonds is 6. The molecule has 7 heteroatoms. The highest BCUT2D eigenvalue weighted by molar-refractivity contribution is 5.70. The van der Waals surface area contributed by atoms with Gasteiger partial charge in [0.25, 0.3) is 5.56 Å². The summed E-state index contributed by atoms with van der Waals surface area (Å²) < 4.78 is 3.10. The second kappa shape index (κ2) is 19.7. The Labute approximate surface area is 285 Å². The van der Waals surface area contributed by atoms with Crippen LogP contribution >= 0.6 is 0 Å². The molecule has 3 fully saturated rings. The van der Waals surface area contributed by atoms with E-state index in [0.29, 0.717) is 24.3 Å². The molecule has 0 amide bonds. The van der Waals surface area contributed by atoms with E-state index < -0.39 is 0 Å². The first-order valence-electron chi connectivity index (χ1n) is 20.2. The zero-order valence-electron chi connectivity index (χ0n) is 30.4. The first-order chi connectivity index (χ1) is 23.0. The number of hydrogen-bond donors (Lipinski definition) is 1. The molecule has 0 atom stereocenters. The van der Waals surface area contributed by atoms with Crippen LogP contribution in [0.25, 0.3) is 11.2 Å². The van der Waals surface area contributed by atoms with Gasteiger partial charge in [0, 0.05) is 23.9 Å². The number of aldehydes is 1. The Hall–Kier alpha value is -2.18. The molecule has 2 heterocycles. The second-order valence-electron chi connectivity index (χ2n) is 15.5. The quantitative estimate of drug-likeness (QED) is 0.315. The molecule has 0 radical (unpaired) electrons. The van der Waals surface area contributed by atoms with Gasteiger partial charge in [-0.1, -0.05) is 142 Å². The first kappa shape index (κ1) is 37.6. The minimum Gasteiger partial charge on any atom is -0.336 e. The van der Waals surface area contributed by atoms with Crippen molar-refractivity contribution in [1.82, 2.24) is 19.1 Å². The smallest absolute Gasteiger partial charge is 0.332 e. The standard InChI is InChI=1S/C40H68N4O3/c1-3-31-43-35-34(36(46)44(32-4-2)38(43)47)41-37(42-35)40-26-24-22-20-18-16-14-12-10-8-6-5-7-9-11-13-15-17-19-21-23-25-39(33-45,27-29-40)28-30-40/h33H,3-32H2,1-2H3,(H,41,42). The summed E-state index contributed by atoms with van der Waals surface area (Å²) in [5.74, 6) is 0.871. The molecule has 266 valence electrons. The summed E-state index contributed by atoms with van der Waals surface area (Å²) in [4.78, 5) is 48.3. The Morgan fingerprint density at radius 2 is 1.02 bits per heavy atom. The topological polar surface area (TPSA) is 89.8 Å². The number of H-pyrrole nitrogens is 1. The van der Waals surface area contributed by atoms with Crippen LogP contribution in [0.2, 0.25) is 0 Å². The van der Waals surface area contributed by atoms with E-state index in [1.807, 2.05) is 6.92 Å². The fourth-order valence-electron chi connectivity index (χ4n) is 8.64. The lowest BCUT2D eigenvalue weighted by molar-refractivity contribution is -0.119. The van der Waals surface area contributed by atoms with Crippen molar-refractivity contribution < 1.29 is 4.79 Å². The molecule has 5 rings (SSSR count). The number of hydrogen-bond acceptors (Lipinski definition) is 4. The van der Waals surface area contributed by atoms with Crippen LogP contribution < -0.4 is 11.2 Å². The number of imidazole rings is 1. The van der Waals surface area contributed by atoms with Gasteiger partial charge < -0.3 is 9.78 Å². The van der Waals surface area contributed by atoms with E-state index in [1.54, 1.807) is 4.57 Å². The molecule has 3 aliphatic carbocycles. The maximum absolute atomic E-state index is 13.6. The predicted octanol–water partition coefficient (Wildman–Crippen LogP) is 10.3. The molecule has 0 spiro atoms. The van der Waals surface area contributed by atoms with Crippen LogP contribution in [0.3, 0.4) is 0 Å². The highest BCUT2D eigenvalue weighted by atomic mass is 16.2. The number of aromatic amines is 1. The molecule has 0 unspecified atom stereocenters. The number of carbonyl (C=O) groups is 1. The molecule has 7 nitrogen and oxygen atoms in total. The summed E-state index contributed by atoms with van der Waals surface area (Å²) in [6.07, 6.45) is 35.0. The summed E-state index contributed by atoms with van der Waals surface area (Å²) in [5, 5.41) is 0. The van der Waals surface area contributed by atoms with Crippen LogP contribution in [-0.2, 0) is 23.3 Å². The van der Waals surface area contributed by atoms with Gasteiger partial charge in [0.1, 0.15) is 17.6 Å². The number of aryl methyl sites for hydroxylation is 1. The Balaban J connectivity index is 1.52. The Kier molecular flexibility index (Phi) is 15.8. The summed E-state index contributed by atoms with van der Waals surface area (Å²) in [6, 6.07) is 0. The lowest BCUT2D eigenvalue weighted by Crippen LogP contribution is -2.40. The normalized spacial score (nSPS) is 25.9. The number of carbonyl (C=O) groups excluding carboxylic acids is 1. The molecule has 3 saturated carbocycles. The summed E-state index contributed by atoms with van der Waals surface area (Å²) in [5.41, 5.74) is 0.0684. The lowest BCUT2D eigenvalue weighted by atomic mass is 9.60. The maximum atomic E-state index is 13.6. The van der Waals surface area contributed by atoms with Crippen LogP contribution in [0.5, 0.6) is 0 Å². The molecule has 1 N–H and O–H groups in total. The molecule has 0 saturated heterocycles. The Morgan fingerprint density at radius 3 is 1.47 bits per heavy atom. The van der Waals surface area contributed by atoms with Crippen molar-refractivity contribution >= 4 is 17.5 Å². The molecule has 2 bridgehead atoms. The van der Waals surface area contributed by atoms with Gasteiger partial charge in [-0.2, -0.15) is 0 Å². The second-order valence-corrected chi connectivity index (χ2v) is 15.5. The summed E-state index contributed by atoms with van der Waals surface area (Å²) in [7, 11) is 0. The summed E-state index contributed by atoms with van der Waals surface area (Å²) >= 11 is 0. The van der Waals surface area contributed by atoms with Crippen LogP contribution in [0.4, 0.5) is 0 Å². The van der Waals surface area contributed by atoms with Gasteiger partial charge in [0.05, 0.1) is 0 Å². The molecule has 3 aliphatic rings. The van der Waals surface area contributed by atoms with Crippen molar-refractivity contribution in [2.75, 3.05) is 0 Å². The van der Waals surface area contributed by atoms with Crippen LogP contribution in [0.15, 0.2) is 9.59 Å². The summed E-state index contributed by atoms with van der Waals surface area (Å²) in [6.45, 7) is 5.02. The maximum Gasteiger partial charge on any atom is 0.332 e. The zero-order chi connectivity index (χ0) is 33.4. The minimum absolute atomic E-state index is 0.189. The average molecular weight is 653 g/mol. The molecule has 0 aliphatic heterocycles. The largest absolute Gasteiger partial charge is 0.336 e. The van der Waals surface area contributed by atoms with Crippen molar-refractivity contribution in [3.8, 4) is 0 Å². The number of nitrogens with one attached hydrogen (secondary N) is 1. The molecule has 0 aromatic carbocycles. The van der Waals surface area contributed by atoms with Gasteiger partial charge in [0.2, 0.25) is 0 Å². The third-order valence-electron chi connectivity index (χ3n) is 11.8. The van der Waals surface area contributed by atoms with E-state index in [2.05, 4.69) is 11.9 Å². The Morgan fingerprint density at radius 1 is 0.596 bits per heavy atom. The van der Waals surface area contributed by atoms with Gasteiger partial charge >= 0.3 is 5.69 Å². The predicted molar refractivity (Wildman–Crippen MR) is 195 cm³/mol. The fraction of sp³-hybridized carbons (Fsp3) is 0.850. The van der Waals surface area contributed by atoms with Crippen molar-refractivity contribution in [3.05, 3.63) is 26.7 Å². The van der Waals surface area contributed by atoms with Gasteiger partial charge in [0.15, 0.2) is 5.65 Å². The number of fused-ring (bicyclic) bond motifs is 24. The SMILES string of the molecule is CCCn1c(=O)c2[nH]c(C34CCCCCCCCCCCCCCCCCCCCCCC(C=O)(CC3)CC4)nc2n(CCC)c1=O. The van der Waals surface area contributed by atoms with E-state index in [0.717, 1.165) is 70.0 Å². The molecule has 47 heavy (non-hydrogen) atoms. The average Bonchev–Trinajstić information content (AvgIpc) is 3.54. The van der Waals surface area contributed by atoms with E-state index in [4.69, 9.17) is 4.98 Å². The van der Waals surface area contributed by atoms with Crippen molar-refractivity contribution in [1.29, 1.82) is 0 Å².